The summed E-state index contributed by atoms with van der Waals surface area (Å²) in [6.07, 6.45) is 1.07. The van der Waals surface area contributed by atoms with Crippen LogP contribution in [-0.4, -0.2) is 50.8 Å². The molecule has 6 rings (SSSR count). The molecule has 1 N–H and O–H groups in total. The second-order valence-corrected chi connectivity index (χ2v) is 11.5. The third-order valence-electron chi connectivity index (χ3n) is 6.82. The molecule has 11 heteroatoms. The van der Waals surface area contributed by atoms with Crippen LogP contribution in [0.1, 0.15) is 30.1 Å². The number of nitrogens with one attached hydrogen (secondary N) is 1. The highest BCUT2D eigenvalue weighted by Crippen LogP contribution is 2.31. The summed E-state index contributed by atoms with van der Waals surface area (Å²) in [6, 6.07) is 20.2. The van der Waals surface area contributed by atoms with E-state index >= 15 is 0 Å². The zero-order valence-electron chi connectivity index (χ0n) is 19.7. The summed E-state index contributed by atoms with van der Waals surface area (Å²) in [5, 5.41) is 10.3. The highest BCUT2D eigenvalue weighted by molar-refractivity contribution is 7.89. The van der Waals surface area contributed by atoms with Gasteiger partial charge in [0.2, 0.25) is 10.0 Å². The van der Waals surface area contributed by atoms with Gasteiger partial charge in [0.1, 0.15) is 5.82 Å². The number of sulfonamides is 1. The Bertz CT molecular complexity index is 1790. The lowest BCUT2D eigenvalue weighted by molar-refractivity contribution is 0.313. The summed E-state index contributed by atoms with van der Waals surface area (Å²) in [7, 11) is -3.67. The number of halogens is 1. The van der Waals surface area contributed by atoms with Gasteiger partial charge in [-0.25, -0.2) is 18.1 Å². The van der Waals surface area contributed by atoms with Gasteiger partial charge in [-0.05, 0) is 42.0 Å². The van der Waals surface area contributed by atoms with Crippen LogP contribution in [0.3, 0.4) is 0 Å². The molecule has 0 amide bonds. The number of hydrogen-bond acceptors (Lipinski definition) is 6. The van der Waals surface area contributed by atoms with E-state index in [1.165, 1.54) is 4.31 Å². The van der Waals surface area contributed by atoms with Gasteiger partial charge in [0.05, 0.1) is 11.4 Å². The average Bonchev–Trinajstić information content (AvgIpc) is 3.31. The van der Waals surface area contributed by atoms with Gasteiger partial charge in [-0.2, -0.15) is 4.31 Å². The van der Waals surface area contributed by atoms with Crippen LogP contribution in [-0.2, 0) is 16.6 Å². The molecule has 0 atom stereocenters. The van der Waals surface area contributed by atoms with Crippen LogP contribution in [0.25, 0.3) is 21.9 Å². The molecule has 2 aromatic heterocycles. The molecule has 0 saturated carbocycles. The van der Waals surface area contributed by atoms with Gasteiger partial charge in [0.25, 0.3) is 5.56 Å². The van der Waals surface area contributed by atoms with Crippen LogP contribution in [0.15, 0.2) is 76.4 Å². The SMILES string of the molecule is O=c1[nH]c(C2CCN(S(=O)(=O)c3cccc4ccccc34)CC2)nc2c1nnn2Cc1cccc(Cl)c1. The minimum Gasteiger partial charge on any atom is -0.308 e. The van der Waals surface area contributed by atoms with Crippen molar-refractivity contribution in [3.05, 3.63) is 93.5 Å². The summed E-state index contributed by atoms with van der Waals surface area (Å²) in [5.74, 6) is 0.431. The van der Waals surface area contributed by atoms with E-state index in [-0.39, 0.29) is 17.0 Å². The van der Waals surface area contributed by atoms with E-state index in [0.717, 1.165) is 10.9 Å². The first kappa shape index (κ1) is 23.8. The van der Waals surface area contributed by atoms with Gasteiger partial charge in [0.15, 0.2) is 11.2 Å². The normalized spacial score (nSPS) is 15.5. The Balaban J connectivity index is 1.25. The lowest BCUT2D eigenvalue weighted by Gasteiger charge is -2.31. The number of nitrogens with zero attached hydrogens (tertiary/aromatic N) is 5. The van der Waals surface area contributed by atoms with E-state index in [9.17, 15) is 13.2 Å². The molecule has 0 bridgehead atoms. The number of rotatable bonds is 5. The molecule has 1 saturated heterocycles. The van der Waals surface area contributed by atoms with E-state index in [1.54, 1.807) is 22.9 Å². The fraction of sp³-hybridized carbons (Fsp3) is 0.231. The Kier molecular flexibility index (Phi) is 6.02. The minimum absolute atomic E-state index is 0.0920. The molecule has 3 heterocycles. The van der Waals surface area contributed by atoms with Crippen molar-refractivity contribution >= 4 is 43.6 Å². The van der Waals surface area contributed by atoms with Crippen LogP contribution in [0.5, 0.6) is 0 Å². The maximum Gasteiger partial charge on any atom is 0.281 e. The maximum atomic E-state index is 13.5. The summed E-state index contributed by atoms with van der Waals surface area (Å²) >= 11 is 6.10. The molecule has 1 aliphatic rings. The number of fused-ring (bicyclic) bond motifs is 2. The van der Waals surface area contributed by atoms with Crippen LogP contribution in [0, 0.1) is 0 Å². The van der Waals surface area contributed by atoms with E-state index < -0.39 is 10.0 Å². The fourth-order valence-electron chi connectivity index (χ4n) is 4.92. The quantitative estimate of drug-likeness (QED) is 0.365. The van der Waals surface area contributed by atoms with Crippen LogP contribution in [0.4, 0.5) is 0 Å². The monoisotopic (exact) mass is 534 g/mol. The number of aromatic amines is 1. The Morgan fingerprint density at radius 2 is 1.76 bits per heavy atom. The lowest BCUT2D eigenvalue weighted by Crippen LogP contribution is -2.38. The highest BCUT2D eigenvalue weighted by Gasteiger charge is 2.32. The van der Waals surface area contributed by atoms with Gasteiger partial charge >= 0.3 is 0 Å². The van der Waals surface area contributed by atoms with Crippen molar-refractivity contribution in [1.29, 1.82) is 0 Å². The lowest BCUT2D eigenvalue weighted by atomic mass is 9.97. The fourth-order valence-corrected chi connectivity index (χ4v) is 6.82. The molecule has 1 fully saturated rings. The number of H-pyrrole nitrogens is 1. The van der Waals surface area contributed by atoms with Crippen LogP contribution in [0.2, 0.25) is 5.02 Å². The number of hydrogen-bond donors (Lipinski definition) is 1. The van der Waals surface area contributed by atoms with Crippen LogP contribution < -0.4 is 5.56 Å². The molecule has 3 aromatic carbocycles. The summed E-state index contributed by atoms with van der Waals surface area (Å²) in [6.45, 7) is 1.03. The summed E-state index contributed by atoms with van der Waals surface area (Å²) < 4.78 is 30.1. The van der Waals surface area contributed by atoms with Gasteiger partial charge < -0.3 is 4.98 Å². The van der Waals surface area contributed by atoms with Gasteiger partial charge in [-0.3, -0.25) is 4.79 Å². The molecule has 0 spiro atoms. The Hall–Kier alpha value is -3.60. The van der Waals surface area contributed by atoms with Gasteiger partial charge in [-0.1, -0.05) is 65.3 Å². The number of aromatic nitrogens is 5. The smallest absolute Gasteiger partial charge is 0.281 e. The van der Waals surface area contributed by atoms with Crippen molar-refractivity contribution in [1.82, 2.24) is 29.3 Å². The second kappa shape index (κ2) is 9.37. The largest absolute Gasteiger partial charge is 0.308 e. The molecule has 9 nitrogen and oxygen atoms in total. The minimum atomic E-state index is -3.67. The highest BCUT2D eigenvalue weighted by atomic mass is 35.5. The predicted molar refractivity (Wildman–Crippen MR) is 141 cm³/mol. The van der Waals surface area contributed by atoms with E-state index in [4.69, 9.17) is 16.6 Å². The maximum absolute atomic E-state index is 13.5. The van der Waals surface area contributed by atoms with E-state index in [0.29, 0.717) is 59.3 Å². The van der Waals surface area contributed by atoms with Crippen LogP contribution >= 0.6 is 11.6 Å². The predicted octanol–water partition coefficient (Wildman–Crippen LogP) is 3.94. The standard InChI is InChI=1S/C26H23ClN6O3S/c27-20-8-3-5-17(15-20)16-33-25-23(30-31-33)26(34)29-24(28-25)19-11-13-32(14-12-19)37(35,36)22-10-4-7-18-6-1-2-9-21(18)22/h1-10,15,19H,11-14,16H2,(H,28,29,34). The van der Waals surface area contributed by atoms with Gasteiger partial charge in [0, 0.05) is 29.4 Å². The molecular formula is C26H23ClN6O3S. The molecule has 5 aromatic rings. The van der Waals surface area contributed by atoms with Crippen molar-refractivity contribution in [2.24, 2.45) is 0 Å². The first-order valence-electron chi connectivity index (χ1n) is 12.0. The third kappa shape index (κ3) is 4.41. The molecule has 1 aliphatic heterocycles. The molecule has 188 valence electrons. The molecule has 0 aliphatic carbocycles. The van der Waals surface area contributed by atoms with Crippen molar-refractivity contribution in [3.8, 4) is 0 Å². The Morgan fingerprint density at radius 3 is 2.57 bits per heavy atom. The molecule has 37 heavy (non-hydrogen) atoms. The van der Waals surface area contributed by atoms with Crippen molar-refractivity contribution in [2.75, 3.05) is 13.1 Å². The summed E-state index contributed by atoms with van der Waals surface area (Å²) in [4.78, 5) is 20.6. The Morgan fingerprint density at radius 1 is 1.00 bits per heavy atom. The average molecular weight is 535 g/mol. The van der Waals surface area contributed by atoms with Crippen molar-refractivity contribution in [2.45, 2.75) is 30.2 Å². The third-order valence-corrected chi connectivity index (χ3v) is 9.01. The van der Waals surface area contributed by atoms with Gasteiger partial charge in [-0.15, -0.1) is 5.10 Å². The van der Waals surface area contributed by atoms with E-state index in [1.807, 2.05) is 48.5 Å². The number of benzene rings is 3. The molecule has 0 unspecified atom stereocenters. The summed E-state index contributed by atoms with van der Waals surface area (Å²) in [5.41, 5.74) is 1.12. The molecular weight excluding hydrogens is 512 g/mol. The molecule has 0 radical (unpaired) electrons. The van der Waals surface area contributed by atoms with Crippen molar-refractivity contribution in [3.63, 3.8) is 0 Å². The zero-order valence-corrected chi connectivity index (χ0v) is 21.3. The first-order chi connectivity index (χ1) is 17.9. The number of piperidine rings is 1. The topological polar surface area (TPSA) is 114 Å². The Labute approximate surface area is 217 Å². The zero-order chi connectivity index (χ0) is 25.6. The second-order valence-electron chi connectivity index (χ2n) is 9.16. The van der Waals surface area contributed by atoms with Crippen molar-refractivity contribution < 1.29 is 8.42 Å². The van der Waals surface area contributed by atoms with E-state index in [2.05, 4.69) is 15.3 Å². The first-order valence-corrected chi connectivity index (χ1v) is 13.8.